The highest BCUT2D eigenvalue weighted by molar-refractivity contribution is 7.92. The summed E-state index contributed by atoms with van der Waals surface area (Å²) in [5.41, 5.74) is 2.50. The van der Waals surface area contributed by atoms with Gasteiger partial charge in [-0.05, 0) is 36.8 Å². The zero-order chi connectivity index (χ0) is 16.3. The Morgan fingerprint density at radius 2 is 1.77 bits per heavy atom. The van der Waals surface area contributed by atoms with Crippen molar-refractivity contribution in [1.82, 2.24) is 0 Å². The Bertz CT molecular complexity index is 801. The first-order valence-corrected chi connectivity index (χ1v) is 8.55. The van der Waals surface area contributed by atoms with E-state index in [0.29, 0.717) is 16.9 Å². The second-order valence-corrected chi connectivity index (χ2v) is 7.06. The first-order chi connectivity index (χ1) is 10.3. The number of hydrogen-bond acceptors (Lipinski definition) is 3. The lowest BCUT2D eigenvalue weighted by Gasteiger charge is -2.17. The molecule has 6 heteroatoms. The first kappa shape index (κ1) is 16.0. The SMILES string of the molecule is Cc1ccccc1C(=O)Nc1cccc(N(C)S(C)(=O)=O)c1. The molecule has 116 valence electrons. The number of rotatable bonds is 4. The van der Waals surface area contributed by atoms with Gasteiger partial charge in [-0.1, -0.05) is 24.3 Å². The molecule has 22 heavy (non-hydrogen) atoms. The lowest BCUT2D eigenvalue weighted by molar-refractivity contribution is 0.102. The highest BCUT2D eigenvalue weighted by Crippen LogP contribution is 2.21. The molecule has 1 N–H and O–H groups in total. The van der Waals surface area contributed by atoms with Gasteiger partial charge >= 0.3 is 0 Å². The van der Waals surface area contributed by atoms with Crippen LogP contribution in [0.15, 0.2) is 48.5 Å². The van der Waals surface area contributed by atoms with E-state index in [1.54, 1.807) is 36.4 Å². The average molecular weight is 318 g/mol. The molecule has 0 unspecified atom stereocenters. The van der Waals surface area contributed by atoms with Crippen LogP contribution < -0.4 is 9.62 Å². The lowest BCUT2D eigenvalue weighted by Crippen LogP contribution is -2.24. The maximum absolute atomic E-state index is 12.3. The molecule has 0 aliphatic heterocycles. The van der Waals surface area contributed by atoms with Crippen molar-refractivity contribution in [2.45, 2.75) is 6.92 Å². The van der Waals surface area contributed by atoms with Gasteiger partial charge in [-0.2, -0.15) is 0 Å². The second kappa shape index (κ2) is 6.19. The summed E-state index contributed by atoms with van der Waals surface area (Å²) in [6, 6.07) is 14.0. The number of anilines is 2. The van der Waals surface area contributed by atoms with Gasteiger partial charge in [0.05, 0.1) is 11.9 Å². The summed E-state index contributed by atoms with van der Waals surface area (Å²) in [6.45, 7) is 1.86. The van der Waals surface area contributed by atoms with Gasteiger partial charge < -0.3 is 5.32 Å². The van der Waals surface area contributed by atoms with Gasteiger partial charge in [0.1, 0.15) is 0 Å². The second-order valence-electron chi connectivity index (χ2n) is 5.05. The van der Waals surface area contributed by atoms with Gasteiger partial charge in [0.2, 0.25) is 10.0 Å². The molecule has 0 saturated heterocycles. The van der Waals surface area contributed by atoms with E-state index in [0.717, 1.165) is 16.1 Å². The summed E-state index contributed by atoms with van der Waals surface area (Å²) < 4.78 is 24.3. The van der Waals surface area contributed by atoms with Crippen LogP contribution >= 0.6 is 0 Å². The number of carbonyl (C=O) groups is 1. The van der Waals surface area contributed by atoms with Crippen molar-refractivity contribution in [3.63, 3.8) is 0 Å². The lowest BCUT2D eigenvalue weighted by atomic mass is 10.1. The van der Waals surface area contributed by atoms with Crippen molar-refractivity contribution < 1.29 is 13.2 Å². The molecular weight excluding hydrogens is 300 g/mol. The van der Waals surface area contributed by atoms with Crippen LogP contribution in [0, 0.1) is 6.92 Å². The molecule has 0 saturated carbocycles. The van der Waals surface area contributed by atoms with Crippen LogP contribution in [0.4, 0.5) is 11.4 Å². The standard InChI is InChI=1S/C16H18N2O3S/c1-12-7-4-5-10-15(12)16(19)17-13-8-6-9-14(11-13)18(2)22(3,20)21/h4-11H,1-3H3,(H,17,19). The van der Waals surface area contributed by atoms with Crippen molar-refractivity contribution in [2.24, 2.45) is 0 Å². The van der Waals surface area contributed by atoms with Crippen LogP contribution in [0.3, 0.4) is 0 Å². The number of sulfonamides is 1. The van der Waals surface area contributed by atoms with E-state index in [1.165, 1.54) is 7.05 Å². The van der Waals surface area contributed by atoms with Crippen LogP contribution in [0.1, 0.15) is 15.9 Å². The summed E-state index contributed by atoms with van der Waals surface area (Å²) in [7, 11) is -1.87. The average Bonchev–Trinajstić information content (AvgIpc) is 2.46. The zero-order valence-electron chi connectivity index (χ0n) is 12.7. The van der Waals surface area contributed by atoms with E-state index >= 15 is 0 Å². The third-order valence-electron chi connectivity index (χ3n) is 3.35. The largest absolute Gasteiger partial charge is 0.322 e. The summed E-state index contributed by atoms with van der Waals surface area (Å²) >= 11 is 0. The topological polar surface area (TPSA) is 66.5 Å². The van der Waals surface area contributed by atoms with Crippen molar-refractivity contribution in [1.29, 1.82) is 0 Å². The first-order valence-electron chi connectivity index (χ1n) is 6.70. The Balaban J connectivity index is 2.25. The van der Waals surface area contributed by atoms with Gasteiger partial charge in [0.25, 0.3) is 5.91 Å². The Morgan fingerprint density at radius 1 is 1.09 bits per heavy atom. The monoisotopic (exact) mass is 318 g/mol. The smallest absolute Gasteiger partial charge is 0.255 e. The van der Waals surface area contributed by atoms with Crippen LogP contribution in [-0.2, 0) is 10.0 Å². The van der Waals surface area contributed by atoms with Crippen molar-refractivity contribution in [3.8, 4) is 0 Å². The summed E-state index contributed by atoms with van der Waals surface area (Å²) in [6.07, 6.45) is 1.13. The van der Waals surface area contributed by atoms with E-state index < -0.39 is 10.0 Å². The maximum atomic E-state index is 12.3. The minimum absolute atomic E-state index is 0.225. The van der Waals surface area contributed by atoms with Gasteiger partial charge in [-0.3, -0.25) is 9.10 Å². The number of carbonyl (C=O) groups excluding carboxylic acids is 1. The molecule has 2 rings (SSSR count). The molecule has 1 amide bonds. The fourth-order valence-corrected chi connectivity index (χ4v) is 2.49. The van der Waals surface area contributed by atoms with E-state index in [2.05, 4.69) is 5.32 Å². The fourth-order valence-electron chi connectivity index (χ4n) is 2.00. The van der Waals surface area contributed by atoms with Crippen molar-refractivity contribution in [3.05, 3.63) is 59.7 Å². The predicted octanol–water partition coefficient (Wildman–Crippen LogP) is 2.64. The molecule has 2 aromatic carbocycles. The van der Waals surface area contributed by atoms with E-state index in [-0.39, 0.29) is 5.91 Å². The number of benzene rings is 2. The normalized spacial score (nSPS) is 11.0. The number of amides is 1. The molecular formula is C16H18N2O3S. The van der Waals surface area contributed by atoms with Gasteiger partial charge in [0.15, 0.2) is 0 Å². The van der Waals surface area contributed by atoms with Gasteiger partial charge in [-0.25, -0.2) is 8.42 Å². The van der Waals surface area contributed by atoms with Crippen molar-refractivity contribution in [2.75, 3.05) is 22.9 Å². The van der Waals surface area contributed by atoms with Gasteiger partial charge in [-0.15, -0.1) is 0 Å². The Hall–Kier alpha value is -2.34. The Morgan fingerprint density at radius 3 is 2.41 bits per heavy atom. The van der Waals surface area contributed by atoms with Crippen LogP contribution in [0.25, 0.3) is 0 Å². The summed E-state index contributed by atoms with van der Waals surface area (Å²) in [5.74, 6) is -0.225. The highest BCUT2D eigenvalue weighted by Gasteiger charge is 2.13. The number of hydrogen-bond donors (Lipinski definition) is 1. The molecule has 0 atom stereocenters. The third-order valence-corrected chi connectivity index (χ3v) is 4.56. The molecule has 0 spiro atoms. The summed E-state index contributed by atoms with van der Waals surface area (Å²) in [4.78, 5) is 12.3. The van der Waals surface area contributed by atoms with Crippen LogP contribution in [0.5, 0.6) is 0 Å². The summed E-state index contributed by atoms with van der Waals surface area (Å²) in [5, 5.41) is 2.79. The number of nitrogens with one attached hydrogen (secondary N) is 1. The maximum Gasteiger partial charge on any atom is 0.255 e. The molecule has 0 aromatic heterocycles. The van der Waals surface area contributed by atoms with Crippen LogP contribution in [0.2, 0.25) is 0 Å². The minimum atomic E-state index is -3.34. The van der Waals surface area contributed by atoms with E-state index in [4.69, 9.17) is 0 Å². The fraction of sp³-hybridized carbons (Fsp3) is 0.188. The molecule has 0 fully saturated rings. The zero-order valence-corrected chi connectivity index (χ0v) is 13.5. The molecule has 0 aliphatic rings. The number of aryl methyl sites for hydroxylation is 1. The van der Waals surface area contributed by atoms with E-state index in [9.17, 15) is 13.2 Å². The number of nitrogens with zero attached hydrogens (tertiary/aromatic N) is 1. The quantitative estimate of drug-likeness (QED) is 0.942. The molecule has 0 radical (unpaired) electrons. The van der Waals surface area contributed by atoms with E-state index in [1.807, 2.05) is 19.1 Å². The molecule has 0 aliphatic carbocycles. The van der Waals surface area contributed by atoms with Gasteiger partial charge in [0, 0.05) is 18.3 Å². The molecule has 0 heterocycles. The molecule has 0 bridgehead atoms. The molecule has 2 aromatic rings. The Kier molecular flexibility index (Phi) is 4.51. The van der Waals surface area contributed by atoms with Crippen LogP contribution in [-0.4, -0.2) is 27.6 Å². The highest BCUT2D eigenvalue weighted by atomic mass is 32.2. The minimum Gasteiger partial charge on any atom is -0.322 e. The third kappa shape index (κ3) is 3.65. The van der Waals surface area contributed by atoms with Crippen molar-refractivity contribution >= 4 is 27.3 Å². The predicted molar refractivity (Wildman–Crippen MR) is 88.8 cm³/mol. The Labute approximate surface area is 130 Å². The molecule has 5 nitrogen and oxygen atoms in total.